The van der Waals surface area contributed by atoms with Gasteiger partial charge in [-0.3, -0.25) is 0 Å². The van der Waals surface area contributed by atoms with Crippen LogP contribution in [0.3, 0.4) is 0 Å². The molecule has 2 unspecified atom stereocenters. The standard InChI is InChI=1S/C26H23N/c1-19-11-3-4-12-20(19)23-15-9-10-18-26(23,2)27-24-16-7-5-13-21(24)22-14-6-8-17-25(22)27/h3-18,23H,1-2H3. The SMILES string of the molecule is Cc1ccccc1C1C=CC=CC1(C)n1c2ccccc2c2ccccc21. The van der Waals surface area contributed by atoms with Crippen LogP contribution in [0.15, 0.2) is 97.1 Å². The predicted octanol–water partition coefficient (Wildman–Crippen LogP) is 6.73. The topological polar surface area (TPSA) is 4.93 Å². The molecule has 1 aliphatic rings. The van der Waals surface area contributed by atoms with Gasteiger partial charge < -0.3 is 4.57 Å². The van der Waals surface area contributed by atoms with Gasteiger partial charge in [-0.15, -0.1) is 0 Å². The lowest BCUT2D eigenvalue weighted by Crippen LogP contribution is -2.35. The summed E-state index contributed by atoms with van der Waals surface area (Å²) in [6, 6.07) is 26.3. The van der Waals surface area contributed by atoms with Gasteiger partial charge in [0, 0.05) is 27.7 Å². The average molecular weight is 349 g/mol. The van der Waals surface area contributed by atoms with Crippen molar-refractivity contribution in [2.24, 2.45) is 0 Å². The Hall–Kier alpha value is -3.06. The molecule has 0 spiro atoms. The number of nitrogens with zero attached hydrogens (tertiary/aromatic N) is 1. The zero-order valence-corrected chi connectivity index (χ0v) is 15.8. The fourth-order valence-electron chi connectivity index (χ4n) is 4.73. The van der Waals surface area contributed by atoms with Gasteiger partial charge in [0.1, 0.15) is 0 Å². The molecule has 0 saturated heterocycles. The number of aryl methyl sites for hydroxylation is 1. The fourth-order valence-corrected chi connectivity index (χ4v) is 4.73. The van der Waals surface area contributed by atoms with Crippen LogP contribution in [0.25, 0.3) is 21.8 Å². The highest BCUT2D eigenvalue weighted by atomic mass is 15.1. The summed E-state index contributed by atoms with van der Waals surface area (Å²) in [6.07, 6.45) is 9.10. The van der Waals surface area contributed by atoms with Gasteiger partial charge in [-0.2, -0.15) is 0 Å². The van der Waals surface area contributed by atoms with Gasteiger partial charge in [0.05, 0.1) is 5.54 Å². The number of hydrogen-bond acceptors (Lipinski definition) is 0. The lowest BCUT2D eigenvalue weighted by atomic mass is 9.76. The van der Waals surface area contributed by atoms with E-state index < -0.39 is 0 Å². The molecule has 1 heterocycles. The van der Waals surface area contributed by atoms with Gasteiger partial charge in [0.2, 0.25) is 0 Å². The Morgan fingerprint density at radius 1 is 0.741 bits per heavy atom. The second kappa shape index (κ2) is 5.99. The van der Waals surface area contributed by atoms with Crippen molar-refractivity contribution in [3.05, 3.63) is 108 Å². The van der Waals surface area contributed by atoms with Crippen LogP contribution in [0.1, 0.15) is 24.0 Å². The Balaban J connectivity index is 1.85. The summed E-state index contributed by atoms with van der Waals surface area (Å²) in [7, 11) is 0. The van der Waals surface area contributed by atoms with Crippen LogP contribution in [0.2, 0.25) is 0 Å². The molecular weight excluding hydrogens is 326 g/mol. The second-order valence-corrected chi connectivity index (χ2v) is 7.67. The molecule has 0 amide bonds. The van der Waals surface area contributed by atoms with Gasteiger partial charge in [-0.1, -0.05) is 85.0 Å². The molecule has 1 heteroatoms. The molecule has 1 aliphatic carbocycles. The fraction of sp³-hybridized carbons (Fsp3) is 0.154. The number of aromatic nitrogens is 1. The van der Waals surface area contributed by atoms with Crippen molar-refractivity contribution in [3.63, 3.8) is 0 Å². The third-order valence-corrected chi connectivity index (χ3v) is 6.06. The van der Waals surface area contributed by atoms with Crippen molar-refractivity contribution in [2.75, 3.05) is 0 Å². The van der Waals surface area contributed by atoms with Crippen LogP contribution in [-0.2, 0) is 5.54 Å². The zero-order chi connectivity index (χ0) is 18.4. The van der Waals surface area contributed by atoms with Crippen molar-refractivity contribution >= 4 is 21.8 Å². The third kappa shape index (κ3) is 2.31. The minimum absolute atomic E-state index is 0.177. The molecule has 27 heavy (non-hydrogen) atoms. The highest BCUT2D eigenvalue weighted by molar-refractivity contribution is 6.08. The summed E-state index contributed by atoms with van der Waals surface area (Å²) in [5, 5.41) is 2.64. The first-order chi connectivity index (χ1) is 13.2. The monoisotopic (exact) mass is 349 g/mol. The molecule has 4 aromatic rings. The highest BCUT2D eigenvalue weighted by Crippen LogP contribution is 2.45. The first-order valence-corrected chi connectivity index (χ1v) is 9.60. The number of para-hydroxylation sites is 2. The first-order valence-electron chi connectivity index (χ1n) is 9.60. The van der Waals surface area contributed by atoms with Crippen LogP contribution in [-0.4, -0.2) is 4.57 Å². The van der Waals surface area contributed by atoms with Crippen LogP contribution in [0, 0.1) is 6.92 Å². The Morgan fingerprint density at radius 3 is 2.00 bits per heavy atom. The van der Waals surface area contributed by atoms with Gasteiger partial charge in [0.15, 0.2) is 0 Å². The number of rotatable bonds is 2. The van der Waals surface area contributed by atoms with Crippen molar-refractivity contribution < 1.29 is 0 Å². The van der Waals surface area contributed by atoms with E-state index in [1.165, 1.54) is 32.9 Å². The average Bonchev–Trinajstić information content (AvgIpc) is 3.04. The predicted molar refractivity (Wildman–Crippen MR) is 115 cm³/mol. The van der Waals surface area contributed by atoms with E-state index in [0.717, 1.165) is 0 Å². The molecule has 0 radical (unpaired) electrons. The molecule has 1 aromatic heterocycles. The van der Waals surface area contributed by atoms with Crippen LogP contribution in [0.5, 0.6) is 0 Å². The van der Waals surface area contributed by atoms with Crippen molar-refractivity contribution in [3.8, 4) is 0 Å². The van der Waals surface area contributed by atoms with E-state index >= 15 is 0 Å². The molecule has 2 atom stereocenters. The van der Waals surface area contributed by atoms with E-state index in [9.17, 15) is 0 Å². The van der Waals surface area contributed by atoms with Crippen molar-refractivity contribution in [1.29, 1.82) is 0 Å². The van der Waals surface area contributed by atoms with Crippen molar-refractivity contribution in [2.45, 2.75) is 25.3 Å². The summed E-state index contributed by atoms with van der Waals surface area (Å²) in [5.41, 5.74) is 5.14. The quantitative estimate of drug-likeness (QED) is 0.378. The molecular formula is C26H23N. The maximum Gasteiger partial charge on any atom is 0.0711 e. The number of fused-ring (bicyclic) bond motifs is 3. The largest absolute Gasteiger partial charge is 0.330 e. The summed E-state index contributed by atoms with van der Waals surface area (Å²) in [4.78, 5) is 0. The molecule has 0 bridgehead atoms. The molecule has 0 fully saturated rings. The third-order valence-electron chi connectivity index (χ3n) is 6.06. The summed E-state index contributed by atoms with van der Waals surface area (Å²) in [5.74, 6) is 0.280. The van der Waals surface area contributed by atoms with E-state index in [0.29, 0.717) is 0 Å². The lowest BCUT2D eigenvalue weighted by molar-refractivity contribution is 0.386. The van der Waals surface area contributed by atoms with Crippen LogP contribution < -0.4 is 0 Å². The Bertz CT molecular complexity index is 1150. The maximum absolute atomic E-state index is 2.54. The minimum Gasteiger partial charge on any atom is -0.330 e. The summed E-state index contributed by atoms with van der Waals surface area (Å²) >= 11 is 0. The molecule has 0 aliphatic heterocycles. The van der Waals surface area contributed by atoms with Crippen LogP contribution in [0.4, 0.5) is 0 Å². The van der Waals surface area contributed by atoms with E-state index in [1.54, 1.807) is 0 Å². The normalized spacial score (nSPS) is 21.9. The molecule has 132 valence electrons. The van der Waals surface area contributed by atoms with Gasteiger partial charge >= 0.3 is 0 Å². The highest BCUT2D eigenvalue weighted by Gasteiger charge is 2.37. The zero-order valence-electron chi connectivity index (χ0n) is 15.8. The molecule has 1 nitrogen and oxygen atoms in total. The van der Waals surface area contributed by atoms with E-state index in [-0.39, 0.29) is 11.5 Å². The van der Waals surface area contributed by atoms with Gasteiger partial charge in [-0.05, 0) is 37.1 Å². The van der Waals surface area contributed by atoms with E-state index in [1.807, 2.05) is 0 Å². The van der Waals surface area contributed by atoms with E-state index in [2.05, 4.69) is 116 Å². The van der Waals surface area contributed by atoms with E-state index in [4.69, 9.17) is 0 Å². The molecule has 0 N–H and O–H groups in total. The number of hydrogen-bond donors (Lipinski definition) is 0. The lowest BCUT2D eigenvalue weighted by Gasteiger charge is -2.39. The summed E-state index contributed by atoms with van der Waals surface area (Å²) < 4.78 is 2.54. The Morgan fingerprint density at radius 2 is 1.33 bits per heavy atom. The minimum atomic E-state index is -0.177. The number of benzene rings is 3. The second-order valence-electron chi connectivity index (χ2n) is 7.67. The molecule has 0 saturated carbocycles. The molecule has 3 aromatic carbocycles. The first kappa shape index (κ1) is 16.1. The Kier molecular flexibility index (Phi) is 3.58. The number of allylic oxidation sites excluding steroid dienone is 4. The maximum atomic E-state index is 2.54. The van der Waals surface area contributed by atoms with Gasteiger partial charge in [-0.25, -0.2) is 0 Å². The molecule has 5 rings (SSSR count). The summed E-state index contributed by atoms with van der Waals surface area (Å²) in [6.45, 7) is 4.58. The van der Waals surface area contributed by atoms with Gasteiger partial charge in [0.25, 0.3) is 0 Å². The van der Waals surface area contributed by atoms with Crippen molar-refractivity contribution in [1.82, 2.24) is 4.57 Å². The smallest absolute Gasteiger partial charge is 0.0711 e. The Labute approximate surface area is 160 Å². The van der Waals surface area contributed by atoms with Crippen LogP contribution >= 0.6 is 0 Å².